The first-order chi connectivity index (χ1) is 10.9. The van der Waals surface area contributed by atoms with Crippen molar-refractivity contribution in [3.63, 3.8) is 0 Å². The second kappa shape index (κ2) is 5.65. The first kappa shape index (κ1) is 15.5. The lowest BCUT2D eigenvalue weighted by Crippen LogP contribution is -2.34. The quantitative estimate of drug-likeness (QED) is 0.926. The highest BCUT2D eigenvalue weighted by Crippen LogP contribution is 2.42. The molecule has 5 nitrogen and oxygen atoms in total. The molecule has 1 saturated heterocycles. The number of hydrogen-bond donors (Lipinski definition) is 1. The third-order valence-corrected chi connectivity index (χ3v) is 4.59. The van der Waals surface area contributed by atoms with Crippen LogP contribution in [0, 0.1) is 12.3 Å². The summed E-state index contributed by atoms with van der Waals surface area (Å²) >= 11 is 0. The number of rotatable bonds is 2. The molecule has 3 rings (SSSR count). The molecule has 0 unspecified atom stereocenters. The van der Waals surface area contributed by atoms with Crippen LogP contribution in [0.5, 0.6) is 0 Å². The van der Waals surface area contributed by atoms with E-state index in [0.29, 0.717) is 18.9 Å². The third kappa shape index (κ3) is 2.91. The second-order valence-electron chi connectivity index (χ2n) is 6.85. The smallest absolute Gasteiger partial charge is 0.263 e. The number of benzene rings is 1. The van der Waals surface area contributed by atoms with Crippen molar-refractivity contribution in [2.45, 2.75) is 26.7 Å². The monoisotopic (exact) mass is 311 g/mol. The molecule has 1 fully saturated rings. The molecule has 1 aromatic heterocycles. The lowest BCUT2D eigenvalue weighted by molar-refractivity contribution is 0.0775. The predicted molar refractivity (Wildman–Crippen MR) is 88.5 cm³/mol. The van der Waals surface area contributed by atoms with Crippen molar-refractivity contribution >= 4 is 5.91 Å². The molecule has 23 heavy (non-hydrogen) atoms. The minimum absolute atomic E-state index is 0.0398. The zero-order chi connectivity index (χ0) is 16.6. The highest BCUT2D eigenvalue weighted by Gasteiger charge is 2.42. The van der Waals surface area contributed by atoms with Crippen molar-refractivity contribution in [3.8, 4) is 0 Å². The van der Waals surface area contributed by atoms with Crippen LogP contribution in [0.4, 0.5) is 0 Å². The number of likely N-dealkylation sites (tertiary alicyclic amines) is 1. The normalized spacial score (nSPS) is 19.8. The van der Waals surface area contributed by atoms with E-state index in [1.807, 2.05) is 18.2 Å². The van der Waals surface area contributed by atoms with Gasteiger partial charge in [-0.05, 0) is 17.9 Å². The molecule has 0 spiro atoms. The Morgan fingerprint density at radius 1 is 1.30 bits per heavy atom. The van der Waals surface area contributed by atoms with E-state index in [2.05, 4.69) is 35.9 Å². The molecule has 120 valence electrons. The second-order valence-corrected chi connectivity index (χ2v) is 6.85. The van der Waals surface area contributed by atoms with Gasteiger partial charge < -0.3 is 9.88 Å². The summed E-state index contributed by atoms with van der Waals surface area (Å²) in [5.74, 6) is 0.519. The van der Waals surface area contributed by atoms with Crippen LogP contribution >= 0.6 is 0 Å². The maximum atomic E-state index is 12.7. The molecule has 1 N–H and O–H groups in total. The number of amides is 1. The summed E-state index contributed by atoms with van der Waals surface area (Å²) in [7, 11) is 0. The van der Waals surface area contributed by atoms with E-state index in [9.17, 15) is 9.59 Å². The minimum atomic E-state index is -0.372. The number of carbonyl (C=O) groups is 1. The van der Waals surface area contributed by atoms with E-state index in [-0.39, 0.29) is 28.4 Å². The van der Waals surface area contributed by atoms with Crippen LogP contribution in [-0.2, 0) is 0 Å². The maximum Gasteiger partial charge on any atom is 0.263 e. The number of nitrogens with one attached hydrogen (secondary N) is 1. The van der Waals surface area contributed by atoms with Crippen molar-refractivity contribution in [1.29, 1.82) is 0 Å². The Morgan fingerprint density at radius 2 is 2.00 bits per heavy atom. The van der Waals surface area contributed by atoms with Gasteiger partial charge in [0.2, 0.25) is 0 Å². The molecule has 0 bridgehead atoms. The Hall–Kier alpha value is -2.43. The number of hydrogen-bond acceptors (Lipinski definition) is 3. The van der Waals surface area contributed by atoms with Crippen molar-refractivity contribution < 1.29 is 4.79 Å². The van der Waals surface area contributed by atoms with Crippen molar-refractivity contribution in [2.75, 3.05) is 13.1 Å². The number of aromatic amines is 1. The van der Waals surface area contributed by atoms with Gasteiger partial charge in [0.15, 0.2) is 0 Å². The van der Waals surface area contributed by atoms with Crippen LogP contribution in [0.1, 0.15) is 41.5 Å². The summed E-state index contributed by atoms with van der Waals surface area (Å²) in [5.41, 5.74) is 0.925. The molecule has 1 amide bonds. The number of nitrogens with zero attached hydrogens (tertiary/aromatic N) is 2. The predicted octanol–water partition coefficient (Wildman–Crippen LogP) is 2.34. The fraction of sp³-hybridized carbons (Fsp3) is 0.389. The molecule has 0 radical (unpaired) electrons. The number of aryl methyl sites for hydroxylation is 1. The molecule has 1 aromatic carbocycles. The number of carbonyl (C=O) groups excluding carboxylic acids is 1. The van der Waals surface area contributed by atoms with Gasteiger partial charge in [-0.1, -0.05) is 44.2 Å². The van der Waals surface area contributed by atoms with Gasteiger partial charge in [0.25, 0.3) is 11.5 Å². The molecular weight excluding hydrogens is 290 g/mol. The SMILES string of the molecule is Cc1ncc(C(=O)N2C[C@@H](c3ccccc3)C(C)(C)C2)c(=O)[nH]1. The fourth-order valence-corrected chi connectivity index (χ4v) is 3.34. The molecule has 2 heterocycles. The van der Waals surface area contributed by atoms with Crippen LogP contribution in [0.3, 0.4) is 0 Å². The number of aromatic nitrogens is 2. The van der Waals surface area contributed by atoms with Gasteiger partial charge in [0.1, 0.15) is 11.4 Å². The van der Waals surface area contributed by atoms with E-state index < -0.39 is 0 Å². The molecule has 0 saturated carbocycles. The van der Waals surface area contributed by atoms with Crippen LogP contribution in [0.25, 0.3) is 0 Å². The van der Waals surface area contributed by atoms with Gasteiger partial charge in [-0.2, -0.15) is 0 Å². The van der Waals surface area contributed by atoms with Crippen LogP contribution in [0.2, 0.25) is 0 Å². The first-order valence-electron chi connectivity index (χ1n) is 7.78. The Morgan fingerprint density at radius 3 is 2.65 bits per heavy atom. The highest BCUT2D eigenvalue weighted by molar-refractivity contribution is 5.93. The topological polar surface area (TPSA) is 66.1 Å². The van der Waals surface area contributed by atoms with Crippen LogP contribution < -0.4 is 5.56 Å². The average Bonchev–Trinajstić information content (AvgIpc) is 2.83. The van der Waals surface area contributed by atoms with Crippen LogP contribution in [-0.4, -0.2) is 33.9 Å². The first-order valence-corrected chi connectivity index (χ1v) is 7.78. The Kier molecular flexibility index (Phi) is 3.80. The Balaban J connectivity index is 1.88. The molecule has 1 aliphatic heterocycles. The van der Waals surface area contributed by atoms with Gasteiger partial charge in [0.05, 0.1) is 0 Å². The largest absolute Gasteiger partial charge is 0.337 e. The molecule has 0 aliphatic carbocycles. The van der Waals surface area contributed by atoms with Crippen molar-refractivity contribution in [2.24, 2.45) is 5.41 Å². The molecular formula is C18H21N3O2. The van der Waals surface area contributed by atoms with Crippen molar-refractivity contribution in [1.82, 2.24) is 14.9 Å². The van der Waals surface area contributed by atoms with E-state index in [1.54, 1.807) is 11.8 Å². The van der Waals surface area contributed by atoms with E-state index in [1.165, 1.54) is 11.8 Å². The van der Waals surface area contributed by atoms with Gasteiger partial charge in [-0.15, -0.1) is 0 Å². The van der Waals surface area contributed by atoms with Gasteiger partial charge in [-0.3, -0.25) is 9.59 Å². The Bertz CT molecular complexity index is 780. The minimum Gasteiger partial charge on any atom is -0.337 e. The average molecular weight is 311 g/mol. The summed E-state index contributed by atoms with van der Waals surface area (Å²) in [5, 5.41) is 0. The third-order valence-electron chi connectivity index (χ3n) is 4.59. The zero-order valence-corrected chi connectivity index (χ0v) is 13.7. The van der Waals surface area contributed by atoms with E-state index in [0.717, 1.165) is 0 Å². The van der Waals surface area contributed by atoms with Gasteiger partial charge >= 0.3 is 0 Å². The van der Waals surface area contributed by atoms with E-state index >= 15 is 0 Å². The van der Waals surface area contributed by atoms with Crippen molar-refractivity contribution in [3.05, 3.63) is 63.8 Å². The standard InChI is InChI=1S/C18H21N3O2/c1-12-19-9-14(16(22)20-12)17(23)21-10-15(18(2,3)11-21)13-7-5-4-6-8-13/h4-9,15H,10-11H2,1-3H3,(H,19,20,22)/t15-/m0/s1. The lowest BCUT2D eigenvalue weighted by atomic mass is 9.78. The Labute approximate surface area is 135 Å². The highest BCUT2D eigenvalue weighted by atomic mass is 16.2. The summed E-state index contributed by atoms with van der Waals surface area (Å²) in [6, 6.07) is 10.2. The molecule has 2 aromatic rings. The van der Waals surface area contributed by atoms with Crippen LogP contribution in [0.15, 0.2) is 41.3 Å². The molecule has 5 heteroatoms. The van der Waals surface area contributed by atoms with Gasteiger partial charge in [0, 0.05) is 25.2 Å². The van der Waals surface area contributed by atoms with Gasteiger partial charge in [-0.25, -0.2) is 4.98 Å². The fourth-order valence-electron chi connectivity index (χ4n) is 3.34. The summed E-state index contributed by atoms with van der Waals surface area (Å²) in [6.45, 7) is 7.26. The van der Waals surface area contributed by atoms with E-state index in [4.69, 9.17) is 0 Å². The zero-order valence-electron chi connectivity index (χ0n) is 13.7. The summed E-state index contributed by atoms with van der Waals surface area (Å²) in [4.78, 5) is 33.1. The summed E-state index contributed by atoms with van der Waals surface area (Å²) in [6.07, 6.45) is 1.37. The number of H-pyrrole nitrogens is 1. The summed E-state index contributed by atoms with van der Waals surface area (Å²) < 4.78 is 0. The molecule has 1 aliphatic rings. The lowest BCUT2D eigenvalue weighted by Gasteiger charge is -2.25. The molecule has 1 atom stereocenters. The maximum absolute atomic E-state index is 12.7.